The summed E-state index contributed by atoms with van der Waals surface area (Å²) in [6, 6.07) is 7.76. The van der Waals surface area contributed by atoms with Crippen LogP contribution < -0.4 is 10.6 Å². The number of halogens is 2. The Morgan fingerprint density at radius 3 is 2.74 bits per heavy atom. The summed E-state index contributed by atoms with van der Waals surface area (Å²) in [4.78, 5) is 16.7. The average molecular weight is 498 g/mol. The van der Waals surface area contributed by atoms with Gasteiger partial charge in [0.15, 0.2) is 5.96 Å². The van der Waals surface area contributed by atoms with Crippen LogP contribution in [0.25, 0.3) is 5.82 Å². The first-order valence-corrected chi connectivity index (χ1v) is 8.60. The Kier molecular flexibility index (Phi) is 8.46. The normalized spacial score (nSPS) is 11.0. The highest BCUT2D eigenvalue weighted by Gasteiger charge is 2.02. The van der Waals surface area contributed by atoms with Gasteiger partial charge in [0, 0.05) is 44.9 Å². The Morgan fingerprint density at radius 2 is 2.04 bits per heavy atom. The summed E-state index contributed by atoms with van der Waals surface area (Å²) in [6.45, 7) is 1.39. The maximum absolute atomic E-state index is 5.80. The highest BCUT2D eigenvalue weighted by molar-refractivity contribution is 14.0. The molecule has 0 radical (unpaired) electrons. The number of imidazole rings is 1. The lowest BCUT2D eigenvalue weighted by Crippen LogP contribution is -2.37. The predicted octanol–water partition coefficient (Wildman–Crippen LogP) is 2.84. The van der Waals surface area contributed by atoms with Gasteiger partial charge in [-0.25, -0.2) is 15.0 Å². The number of aliphatic imine (C=N–C) groups is 1. The molecule has 0 aliphatic heterocycles. The largest absolute Gasteiger partial charge is 0.356 e. The summed E-state index contributed by atoms with van der Waals surface area (Å²) in [7, 11) is 1.75. The van der Waals surface area contributed by atoms with E-state index in [1.165, 1.54) is 0 Å². The summed E-state index contributed by atoms with van der Waals surface area (Å²) in [5.41, 5.74) is 2.23. The molecule has 3 heterocycles. The first-order chi connectivity index (χ1) is 12.7. The van der Waals surface area contributed by atoms with Gasteiger partial charge in [-0.3, -0.25) is 9.56 Å². The number of rotatable bonds is 6. The van der Waals surface area contributed by atoms with E-state index < -0.39 is 0 Å². The monoisotopic (exact) mass is 497 g/mol. The second-order valence-electron chi connectivity index (χ2n) is 5.58. The van der Waals surface area contributed by atoms with Crippen LogP contribution in [0.2, 0.25) is 5.15 Å². The van der Waals surface area contributed by atoms with Gasteiger partial charge in [-0.15, -0.1) is 24.0 Å². The Hall–Kier alpha value is -2.20. The maximum atomic E-state index is 5.80. The van der Waals surface area contributed by atoms with Crippen LogP contribution >= 0.6 is 35.6 Å². The molecule has 0 aromatic carbocycles. The lowest BCUT2D eigenvalue weighted by atomic mass is 10.2. The summed E-state index contributed by atoms with van der Waals surface area (Å²) >= 11 is 5.80. The van der Waals surface area contributed by atoms with Crippen molar-refractivity contribution in [2.45, 2.75) is 13.0 Å². The lowest BCUT2D eigenvalue weighted by molar-refractivity contribution is 0.791. The van der Waals surface area contributed by atoms with Gasteiger partial charge in [0.1, 0.15) is 17.3 Å². The van der Waals surface area contributed by atoms with Crippen molar-refractivity contribution >= 4 is 41.5 Å². The number of nitrogens with zero attached hydrogens (tertiary/aromatic N) is 5. The molecular weight excluding hydrogens is 477 g/mol. The first-order valence-electron chi connectivity index (χ1n) is 8.23. The Morgan fingerprint density at radius 1 is 1.15 bits per heavy atom. The van der Waals surface area contributed by atoms with Crippen LogP contribution in [0.3, 0.4) is 0 Å². The van der Waals surface area contributed by atoms with Crippen molar-refractivity contribution in [3.8, 4) is 5.82 Å². The molecular formula is C18H21ClIN7. The molecule has 0 aliphatic carbocycles. The topological polar surface area (TPSA) is 80.0 Å². The minimum atomic E-state index is 0. The third-order valence-corrected chi connectivity index (χ3v) is 3.98. The number of hydrogen-bond acceptors (Lipinski definition) is 4. The SMILES string of the molecule is CN=C(NCCc1ccc(Cl)nc1)NCc1ccnc(-n2ccnc2)c1.I. The minimum Gasteiger partial charge on any atom is -0.356 e. The molecule has 0 bridgehead atoms. The summed E-state index contributed by atoms with van der Waals surface area (Å²) in [6.07, 6.45) is 9.74. The second kappa shape index (κ2) is 10.8. The van der Waals surface area contributed by atoms with E-state index in [1.807, 2.05) is 29.0 Å². The van der Waals surface area contributed by atoms with Crippen molar-refractivity contribution in [3.05, 3.63) is 71.7 Å². The number of nitrogens with one attached hydrogen (secondary N) is 2. The van der Waals surface area contributed by atoms with Crippen LogP contribution in [-0.2, 0) is 13.0 Å². The number of guanidine groups is 1. The van der Waals surface area contributed by atoms with Crippen LogP contribution in [0, 0.1) is 0 Å². The van der Waals surface area contributed by atoms with Crippen LogP contribution in [0.15, 0.2) is 60.4 Å². The van der Waals surface area contributed by atoms with Crippen molar-refractivity contribution in [2.24, 2.45) is 4.99 Å². The number of aromatic nitrogens is 4. The van der Waals surface area contributed by atoms with E-state index in [2.05, 4.69) is 30.6 Å². The quantitative estimate of drug-likeness (QED) is 0.237. The molecule has 0 amide bonds. The molecule has 9 heteroatoms. The van der Waals surface area contributed by atoms with Crippen molar-refractivity contribution in [2.75, 3.05) is 13.6 Å². The molecule has 0 spiro atoms. The molecule has 2 N–H and O–H groups in total. The third-order valence-electron chi connectivity index (χ3n) is 3.76. The Balaban J connectivity index is 0.00000261. The van der Waals surface area contributed by atoms with Crippen molar-refractivity contribution in [1.29, 1.82) is 0 Å². The van der Waals surface area contributed by atoms with Crippen LogP contribution in [0.4, 0.5) is 0 Å². The molecule has 0 atom stereocenters. The van der Waals surface area contributed by atoms with Crippen molar-refractivity contribution in [1.82, 2.24) is 30.2 Å². The molecule has 0 saturated heterocycles. The zero-order chi connectivity index (χ0) is 18.2. The van der Waals surface area contributed by atoms with E-state index in [-0.39, 0.29) is 24.0 Å². The Bertz CT molecular complexity index is 850. The number of pyridine rings is 2. The van der Waals surface area contributed by atoms with E-state index in [4.69, 9.17) is 11.6 Å². The summed E-state index contributed by atoms with van der Waals surface area (Å²) in [5, 5.41) is 7.10. The summed E-state index contributed by atoms with van der Waals surface area (Å²) < 4.78 is 1.87. The smallest absolute Gasteiger partial charge is 0.191 e. The minimum absolute atomic E-state index is 0. The lowest BCUT2D eigenvalue weighted by Gasteiger charge is -2.12. The second-order valence-corrected chi connectivity index (χ2v) is 5.97. The van der Waals surface area contributed by atoms with E-state index in [0.717, 1.165) is 35.9 Å². The number of hydrogen-bond donors (Lipinski definition) is 2. The van der Waals surface area contributed by atoms with Gasteiger partial charge in [-0.1, -0.05) is 17.7 Å². The van der Waals surface area contributed by atoms with E-state index in [0.29, 0.717) is 11.7 Å². The Labute approximate surface area is 180 Å². The molecule has 0 fully saturated rings. The van der Waals surface area contributed by atoms with Crippen LogP contribution in [0.5, 0.6) is 0 Å². The van der Waals surface area contributed by atoms with Gasteiger partial charge in [0.2, 0.25) is 0 Å². The van der Waals surface area contributed by atoms with Gasteiger partial charge in [0.05, 0.1) is 0 Å². The molecule has 3 rings (SSSR count). The van der Waals surface area contributed by atoms with Crippen molar-refractivity contribution in [3.63, 3.8) is 0 Å². The fourth-order valence-corrected chi connectivity index (χ4v) is 2.50. The van der Waals surface area contributed by atoms with Crippen molar-refractivity contribution < 1.29 is 0 Å². The van der Waals surface area contributed by atoms with Gasteiger partial charge in [0.25, 0.3) is 0 Å². The maximum Gasteiger partial charge on any atom is 0.191 e. The fourth-order valence-electron chi connectivity index (χ4n) is 2.39. The van der Waals surface area contributed by atoms with E-state index >= 15 is 0 Å². The third kappa shape index (κ3) is 6.47. The highest BCUT2D eigenvalue weighted by Crippen LogP contribution is 2.07. The van der Waals surface area contributed by atoms with Gasteiger partial charge in [-0.2, -0.15) is 0 Å². The van der Waals surface area contributed by atoms with Crippen LogP contribution in [0.1, 0.15) is 11.1 Å². The van der Waals surface area contributed by atoms with Gasteiger partial charge >= 0.3 is 0 Å². The van der Waals surface area contributed by atoms with E-state index in [9.17, 15) is 0 Å². The first kappa shape index (κ1) is 21.1. The highest BCUT2D eigenvalue weighted by atomic mass is 127. The fraction of sp³-hybridized carbons (Fsp3) is 0.222. The van der Waals surface area contributed by atoms with Gasteiger partial charge in [-0.05, 0) is 35.7 Å². The standard InChI is InChI=1S/C18H20ClN7.HI/c1-20-18(23-7-4-14-2-3-16(19)24-11-14)25-12-15-5-6-22-17(10-15)26-9-8-21-13-26;/h2-3,5-6,8-11,13H,4,7,12H2,1H3,(H2,20,23,25);1H. The molecule has 0 unspecified atom stereocenters. The van der Waals surface area contributed by atoms with E-state index in [1.54, 1.807) is 38.0 Å². The molecule has 3 aromatic rings. The van der Waals surface area contributed by atoms with Gasteiger partial charge < -0.3 is 10.6 Å². The van der Waals surface area contributed by atoms with Crippen LogP contribution in [-0.4, -0.2) is 39.1 Å². The zero-order valence-electron chi connectivity index (χ0n) is 14.8. The molecule has 3 aromatic heterocycles. The molecule has 27 heavy (non-hydrogen) atoms. The molecule has 142 valence electrons. The molecule has 7 nitrogen and oxygen atoms in total. The predicted molar refractivity (Wildman–Crippen MR) is 118 cm³/mol. The summed E-state index contributed by atoms with van der Waals surface area (Å²) in [5.74, 6) is 1.58. The zero-order valence-corrected chi connectivity index (χ0v) is 17.9. The molecule has 0 aliphatic rings. The average Bonchev–Trinajstić information content (AvgIpc) is 3.21. The molecule has 0 saturated carbocycles.